The summed E-state index contributed by atoms with van der Waals surface area (Å²) in [6.45, 7) is 0. The van der Waals surface area contributed by atoms with Crippen molar-refractivity contribution in [2.45, 2.75) is 12.5 Å². The molecule has 0 amide bonds. The summed E-state index contributed by atoms with van der Waals surface area (Å²) in [5, 5.41) is 3.12. The molecule has 1 aliphatic heterocycles. The molecule has 4 heteroatoms. The maximum Gasteiger partial charge on any atom is 0.130 e. The molecule has 1 nitrogen and oxygen atoms in total. The summed E-state index contributed by atoms with van der Waals surface area (Å²) in [6.07, 6.45) is 1.23. The summed E-state index contributed by atoms with van der Waals surface area (Å²) in [5.74, 6) is 2.44. The van der Waals surface area contributed by atoms with Gasteiger partial charge in [0.15, 0.2) is 0 Å². The molecule has 0 spiro atoms. The monoisotopic (exact) mass is 179 g/mol. The van der Waals surface area contributed by atoms with Gasteiger partial charge >= 0.3 is 0 Å². The molecule has 52 valence electrons. The smallest absolute Gasteiger partial charge is 0.130 e. The van der Waals surface area contributed by atoms with E-state index in [2.05, 4.69) is 17.9 Å². The highest BCUT2D eigenvalue weighted by molar-refractivity contribution is 8.11. The van der Waals surface area contributed by atoms with Crippen molar-refractivity contribution in [3.63, 3.8) is 0 Å². The molecular formula is C5H9NS3. The predicted molar refractivity (Wildman–Crippen MR) is 50.4 cm³/mol. The van der Waals surface area contributed by atoms with Crippen LogP contribution in [0.3, 0.4) is 0 Å². The predicted octanol–water partition coefficient (Wildman–Crippen LogP) is 1.30. The Labute approximate surface area is 70.4 Å². The average molecular weight is 179 g/mol. The molecule has 0 aromatic carbocycles. The van der Waals surface area contributed by atoms with E-state index < -0.39 is 0 Å². The minimum atomic E-state index is 0.583. The minimum absolute atomic E-state index is 0.583. The fraction of sp³-hybridized carbons (Fsp3) is 0.800. The summed E-state index contributed by atoms with van der Waals surface area (Å²) < 4.78 is 0.627. The summed E-state index contributed by atoms with van der Waals surface area (Å²) in [5.41, 5.74) is 0. The standard InChI is InChI=1S/C5H9NS3/c7-5(8)6-4-1-2-9-3-4/h4H,1-3H2,(H2,6,7,8). The van der Waals surface area contributed by atoms with E-state index >= 15 is 0 Å². The second kappa shape index (κ2) is 3.68. The first-order chi connectivity index (χ1) is 4.29. The Balaban J connectivity index is 2.19. The van der Waals surface area contributed by atoms with Crippen LogP contribution < -0.4 is 5.32 Å². The Morgan fingerprint density at radius 1 is 1.78 bits per heavy atom. The summed E-state index contributed by atoms with van der Waals surface area (Å²) >= 11 is 10.7. The van der Waals surface area contributed by atoms with Crippen LogP contribution in [0.25, 0.3) is 0 Å². The molecule has 0 aromatic heterocycles. The third-order valence-electron chi connectivity index (χ3n) is 1.26. The van der Waals surface area contributed by atoms with Crippen LogP contribution in [0.1, 0.15) is 6.42 Å². The van der Waals surface area contributed by atoms with Gasteiger partial charge in [-0.15, -0.1) is 12.6 Å². The van der Waals surface area contributed by atoms with E-state index in [1.54, 1.807) is 0 Å². The van der Waals surface area contributed by atoms with E-state index in [4.69, 9.17) is 12.2 Å². The molecule has 1 unspecified atom stereocenters. The lowest BCUT2D eigenvalue weighted by Crippen LogP contribution is -2.30. The van der Waals surface area contributed by atoms with Gasteiger partial charge in [-0.3, -0.25) is 0 Å². The lowest BCUT2D eigenvalue weighted by atomic mass is 10.3. The maximum absolute atomic E-state index is 4.78. The van der Waals surface area contributed by atoms with Crippen LogP contribution in [-0.2, 0) is 0 Å². The highest BCUT2D eigenvalue weighted by Crippen LogP contribution is 2.16. The van der Waals surface area contributed by atoms with Crippen molar-refractivity contribution < 1.29 is 0 Å². The van der Waals surface area contributed by atoms with Crippen molar-refractivity contribution in [3.8, 4) is 0 Å². The molecule has 0 aliphatic carbocycles. The first kappa shape index (κ1) is 7.69. The molecule has 0 radical (unpaired) electrons. The van der Waals surface area contributed by atoms with E-state index in [0.29, 0.717) is 10.4 Å². The Hall–Kier alpha value is 0.590. The van der Waals surface area contributed by atoms with Gasteiger partial charge in [0.2, 0.25) is 0 Å². The molecule has 1 N–H and O–H groups in total. The molecule has 1 aliphatic rings. The lowest BCUT2D eigenvalue weighted by molar-refractivity contribution is 0.689. The number of nitrogens with one attached hydrogen (secondary N) is 1. The molecule has 1 fully saturated rings. The average Bonchev–Trinajstić information content (AvgIpc) is 2.15. The first-order valence-electron chi connectivity index (χ1n) is 2.86. The van der Waals surface area contributed by atoms with Crippen LogP contribution in [0.5, 0.6) is 0 Å². The second-order valence-corrected chi connectivity index (χ2v) is 4.32. The number of thiol groups is 1. The van der Waals surface area contributed by atoms with Gasteiger partial charge in [-0.1, -0.05) is 12.2 Å². The number of hydrogen-bond donors (Lipinski definition) is 2. The summed E-state index contributed by atoms with van der Waals surface area (Å²) in [7, 11) is 0. The van der Waals surface area contributed by atoms with Crippen LogP contribution in [-0.4, -0.2) is 21.9 Å². The second-order valence-electron chi connectivity index (χ2n) is 2.01. The fourth-order valence-electron chi connectivity index (χ4n) is 0.823. The molecule has 1 atom stereocenters. The van der Waals surface area contributed by atoms with Gasteiger partial charge in [-0.05, 0) is 12.2 Å². The zero-order valence-corrected chi connectivity index (χ0v) is 7.49. The zero-order valence-electron chi connectivity index (χ0n) is 4.96. The quantitative estimate of drug-likeness (QED) is 0.465. The molecule has 1 heterocycles. The van der Waals surface area contributed by atoms with E-state index in [1.165, 1.54) is 17.9 Å². The topological polar surface area (TPSA) is 12.0 Å². The van der Waals surface area contributed by atoms with Gasteiger partial charge in [0, 0.05) is 11.8 Å². The van der Waals surface area contributed by atoms with Crippen LogP contribution in [0, 0.1) is 0 Å². The number of hydrogen-bond acceptors (Lipinski definition) is 2. The largest absolute Gasteiger partial charge is 0.368 e. The Morgan fingerprint density at radius 3 is 3.00 bits per heavy atom. The Morgan fingerprint density at radius 2 is 2.56 bits per heavy atom. The van der Waals surface area contributed by atoms with Crippen molar-refractivity contribution in [1.29, 1.82) is 0 Å². The van der Waals surface area contributed by atoms with Gasteiger partial charge in [-0.25, -0.2) is 0 Å². The third-order valence-corrected chi connectivity index (χ3v) is 2.67. The van der Waals surface area contributed by atoms with Gasteiger partial charge in [0.1, 0.15) is 4.32 Å². The fourth-order valence-corrected chi connectivity index (χ4v) is 2.32. The van der Waals surface area contributed by atoms with E-state index in [1.807, 2.05) is 11.8 Å². The van der Waals surface area contributed by atoms with Crippen molar-refractivity contribution >= 4 is 40.9 Å². The van der Waals surface area contributed by atoms with Crippen LogP contribution in [0.4, 0.5) is 0 Å². The van der Waals surface area contributed by atoms with Crippen molar-refractivity contribution in [2.75, 3.05) is 11.5 Å². The third kappa shape index (κ3) is 2.78. The van der Waals surface area contributed by atoms with Gasteiger partial charge in [-0.2, -0.15) is 11.8 Å². The number of rotatable bonds is 1. The van der Waals surface area contributed by atoms with Crippen molar-refractivity contribution in [2.24, 2.45) is 0 Å². The molecule has 1 rings (SSSR count). The van der Waals surface area contributed by atoms with Crippen LogP contribution in [0.2, 0.25) is 0 Å². The van der Waals surface area contributed by atoms with Crippen molar-refractivity contribution in [1.82, 2.24) is 5.32 Å². The molecule has 0 saturated carbocycles. The zero-order chi connectivity index (χ0) is 6.69. The highest BCUT2D eigenvalue weighted by Gasteiger charge is 2.14. The first-order valence-corrected chi connectivity index (χ1v) is 4.87. The maximum atomic E-state index is 4.78. The number of thioether (sulfide) groups is 1. The molecule has 1 saturated heterocycles. The Kier molecular flexibility index (Phi) is 3.15. The van der Waals surface area contributed by atoms with E-state index in [-0.39, 0.29) is 0 Å². The molecule has 0 bridgehead atoms. The van der Waals surface area contributed by atoms with Gasteiger partial charge in [0.25, 0.3) is 0 Å². The normalized spacial score (nSPS) is 26.1. The van der Waals surface area contributed by atoms with Crippen LogP contribution in [0.15, 0.2) is 0 Å². The summed E-state index contributed by atoms with van der Waals surface area (Å²) in [4.78, 5) is 0. The molecular weight excluding hydrogens is 170 g/mol. The van der Waals surface area contributed by atoms with Crippen molar-refractivity contribution in [3.05, 3.63) is 0 Å². The highest BCUT2D eigenvalue weighted by atomic mass is 32.2. The van der Waals surface area contributed by atoms with Gasteiger partial charge < -0.3 is 5.32 Å². The van der Waals surface area contributed by atoms with Gasteiger partial charge in [0.05, 0.1) is 0 Å². The van der Waals surface area contributed by atoms with E-state index in [0.717, 1.165) is 0 Å². The lowest BCUT2D eigenvalue weighted by Gasteiger charge is -2.08. The molecule has 9 heavy (non-hydrogen) atoms. The number of thiocarbonyl (C=S) groups is 1. The summed E-state index contributed by atoms with van der Waals surface area (Å²) in [6, 6.07) is 0.583. The van der Waals surface area contributed by atoms with E-state index in [9.17, 15) is 0 Å². The SMILES string of the molecule is S=C(S)NC1CCSC1. The van der Waals surface area contributed by atoms with Crippen LogP contribution >= 0.6 is 36.6 Å². The Bertz CT molecular complexity index is 109. The minimum Gasteiger partial charge on any atom is -0.368 e. The molecule has 0 aromatic rings.